The van der Waals surface area contributed by atoms with Gasteiger partial charge >= 0.3 is 0 Å². The zero-order valence-electron chi connectivity index (χ0n) is 14.9. The van der Waals surface area contributed by atoms with Crippen molar-refractivity contribution in [2.24, 2.45) is 0 Å². The number of rotatable bonds is 7. The van der Waals surface area contributed by atoms with Gasteiger partial charge in [-0.1, -0.05) is 19.3 Å². The van der Waals surface area contributed by atoms with Crippen LogP contribution in [0.1, 0.15) is 51.9 Å². The van der Waals surface area contributed by atoms with Crippen molar-refractivity contribution >= 4 is 5.91 Å². The van der Waals surface area contributed by atoms with E-state index in [1.54, 1.807) is 0 Å². The minimum absolute atomic E-state index is 0.210. The molecule has 134 valence electrons. The minimum atomic E-state index is 0.210. The average molecular weight is 325 g/mol. The van der Waals surface area contributed by atoms with E-state index in [0.717, 1.165) is 45.8 Å². The van der Waals surface area contributed by atoms with Gasteiger partial charge in [-0.3, -0.25) is 9.69 Å². The predicted molar refractivity (Wildman–Crippen MR) is 93.6 cm³/mol. The smallest absolute Gasteiger partial charge is 0.221 e. The van der Waals surface area contributed by atoms with Crippen LogP contribution in [0.5, 0.6) is 0 Å². The number of hydrogen-bond acceptors (Lipinski definition) is 4. The predicted octanol–water partition coefficient (Wildman–Crippen LogP) is 1.87. The molecule has 0 saturated carbocycles. The molecule has 5 heteroatoms. The molecule has 2 rings (SSSR count). The highest BCUT2D eigenvalue weighted by atomic mass is 16.5. The van der Waals surface area contributed by atoms with E-state index in [1.165, 1.54) is 45.2 Å². The first-order valence-electron chi connectivity index (χ1n) is 9.56. The van der Waals surface area contributed by atoms with Crippen LogP contribution < -0.4 is 5.32 Å². The maximum Gasteiger partial charge on any atom is 0.221 e. The summed E-state index contributed by atoms with van der Waals surface area (Å²) in [5, 5.41) is 3.16. The van der Waals surface area contributed by atoms with Crippen LogP contribution in [0.15, 0.2) is 0 Å². The number of nitrogens with zero attached hydrogens (tertiary/aromatic N) is 2. The third-order valence-corrected chi connectivity index (χ3v) is 4.99. The summed E-state index contributed by atoms with van der Waals surface area (Å²) in [5.41, 5.74) is 0. The van der Waals surface area contributed by atoms with Gasteiger partial charge in [-0.2, -0.15) is 0 Å². The molecule has 0 aromatic carbocycles. The topological polar surface area (TPSA) is 44.8 Å². The SMILES string of the molecule is C[C@@H](CCN1CCOCC1)NC(=O)CCN1CCCCCCC1. The molecule has 0 aromatic heterocycles. The lowest BCUT2D eigenvalue weighted by molar-refractivity contribution is -0.122. The number of carbonyl (C=O) groups is 1. The molecule has 0 unspecified atom stereocenters. The van der Waals surface area contributed by atoms with Gasteiger partial charge in [-0.05, 0) is 39.3 Å². The number of likely N-dealkylation sites (tertiary alicyclic amines) is 1. The molecule has 0 radical (unpaired) electrons. The number of morpholine rings is 1. The van der Waals surface area contributed by atoms with Crippen LogP contribution in [-0.4, -0.2) is 74.2 Å². The maximum absolute atomic E-state index is 12.1. The van der Waals surface area contributed by atoms with Gasteiger partial charge in [0.2, 0.25) is 5.91 Å². The molecule has 0 bridgehead atoms. The summed E-state index contributed by atoms with van der Waals surface area (Å²) in [6, 6.07) is 0.262. The second-order valence-electron chi connectivity index (χ2n) is 7.07. The number of ether oxygens (including phenoxy) is 1. The van der Waals surface area contributed by atoms with Crippen molar-refractivity contribution in [3.05, 3.63) is 0 Å². The third kappa shape index (κ3) is 8.13. The van der Waals surface area contributed by atoms with Crippen molar-refractivity contribution in [1.82, 2.24) is 15.1 Å². The second-order valence-corrected chi connectivity index (χ2v) is 7.07. The summed E-state index contributed by atoms with van der Waals surface area (Å²) in [6.07, 6.45) is 8.32. The van der Waals surface area contributed by atoms with Crippen molar-refractivity contribution in [1.29, 1.82) is 0 Å². The quantitative estimate of drug-likeness (QED) is 0.776. The summed E-state index contributed by atoms with van der Waals surface area (Å²) in [4.78, 5) is 17.0. The highest BCUT2D eigenvalue weighted by molar-refractivity contribution is 5.76. The van der Waals surface area contributed by atoms with E-state index in [9.17, 15) is 4.79 Å². The van der Waals surface area contributed by atoms with Gasteiger partial charge in [0.25, 0.3) is 0 Å². The second kappa shape index (κ2) is 11.0. The normalized spacial score (nSPS) is 23.0. The summed E-state index contributed by atoms with van der Waals surface area (Å²) in [6.45, 7) is 10.2. The fourth-order valence-electron chi connectivity index (χ4n) is 3.42. The van der Waals surface area contributed by atoms with Crippen molar-refractivity contribution in [2.45, 2.75) is 57.9 Å². The van der Waals surface area contributed by atoms with Gasteiger partial charge < -0.3 is 15.0 Å². The first kappa shape index (κ1) is 18.7. The van der Waals surface area contributed by atoms with Crippen molar-refractivity contribution in [3.63, 3.8) is 0 Å². The first-order valence-corrected chi connectivity index (χ1v) is 9.56. The molecule has 2 heterocycles. The van der Waals surface area contributed by atoms with E-state index in [0.29, 0.717) is 6.42 Å². The molecule has 0 aromatic rings. The Balaban J connectivity index is 1.55. The lowest BCUT2D eigenvalue weighted by Gasteiger charge is -2.28. The van der Waals surface area contributed by atoms with E-state index >= 15 is 0 Å². The van der Waals surface area contributed by atoms with E-state index in [4.69, 9.17) is 4.74 Å². The molecule has 1 N–H and O–H groups in total. The van der Waals surface area contributed by atoms with Crippen LogP contribution >= 0.6 is 0 Å². The molecule has 2 fully saturated rings. The van der Waals surface area contributed by atoms with Crippen LogP contribution in [0.25, 0.3) is 0 Å². The first-order chi connectivity index (χ1) is 11.2. The Labute approximate surface area is 141 Å². The van der Waals surface area contributed by atoms with E-state index in [2.05, 4.69) is 22.0 Å². The minimum Gasteiger partial charge on any atom is -0.379 e. The molecule has 1 amide bonds. The van der Waals surface area contributed by atoms with Gasteiger partial charge in [-0.25, -0.2) is 0 Å². The van der Waals surface area contributed by atoms with Crippen LogP contribution in [0, 0.1) is 0 Å². The van der Waals surface area contributed by atoms with E-state index < -0.39 is 0 Å². The molecule has 0 spiro atoms. The Morgan fingerprint density at radius 3 is 2.26 bits per heavy atom. The highest BCUT2D eigenvalue weighted by Gasteiger charge is 2.14. The van der Waals surface area contributed by atoms with Gasteiger partial charge in [0.05, 0.1) is 13.2 Å². The largest absolute Gasteiger partial charge is 0.379 e. The monoisotopic (exact) mass is 325 g/mol. The average Bonchev–Trinajstić information content (AvgIpc) is 2.53. The van der Waals surface area contributed by atoms with Crippen molar-refractivity contribution in [3.8, 4) is 0 Å². The fourth-order valence-corrected chi connectivity index (χ4v) is 3.42. The fraction of sp³-hybridized carbons (Fsp3) is 0.944. The zero-order valence-corrected chi connectivity index (χ0v) is 14.9. The summed E-state index contributed by atoms with van der Waals surface area (Å²) >= 11 is 0. The third-order valence-electron chi connectivity index (χ3n) is 4.99. The Bertz CT molecular complexity index is 324. The molecule has 5 nitrogen and oxygen atoms in total. The Morgan fingerprint density at radius 2 is 1.57 bits per heavy atom. The molecule has 0 aliphatic carbocycles. The maximum atomic E-state index is 12.1. The Morgan fingerprint density at radius 1 is 0.957 bits per heavy atom. The molecule has 2 aliphatic rings. The number of carbonyl (C=O) groups excluding carboxylic acids is 1. The molecule has 23 heavy (non-hydrogen) atoms. The van der Waals surface area contributed by atoms with Crippen LogP contribution in [0.4, 0.5) is 0 Å². The van der Waals surface area contributed by atoms with Gasteiger partial charge in [0.15, 0.2) is 0 Å². The number of nitrogens with one attached hydrogen (secondary N) is 1. The van der Waals surface area contributed by atoms with Gasteiger partial charge in [0.1, 0.15) is 0 Å². The molecular weight excluding hydrogens is 290 g/mol. The lowest BCUT2D eigenvalue weighted by atomic mass is 10.1. The van der Waals surface area contributed by atoms with E-state index in [-0.39, 0.29) is 11.9 Å². The van der Waals surface area contributed by atoms with Crippen LogP contribution in [0.2, 0.25) is 0 Å². The number of amides is 1. The highest BCUT2D eigenvalue weighted by Crippen LogP contribution is 2.10. The van der Waals surface area contributed by atoms with Gasteiger partial charge in [0, 0.05) is 38.6 Å². The molecule has 2 saturated heterocycles. The van der Waals surface area contributed by atoms with Crippen molar-refractivity contribution < 1.29 is 9.53 Å². The molecular formula is C18H35N3O2. The van der Waals surface area contributed by atoms with Gasteiger partial charge in [-0.15, -0.1) is 0 Å². The molecule has 2 aliphatic heterocycles. The van der Waals surface area contributed by atoms with Crippen LogP contribution in [0.3, 0.4) is 0 Å². The van der Waals surface area contributed by atoms with E-state index in [1.807, 2.05) is 0 Å². The molecule has 1 atom stereocenters. The van der Waals surface area contributed by atoms with Crippen molar-refractivity contribution in [2.75, 3.05) is 52.5 Å². The van der Waals surface area contributed by atoms with Crippen LogP contribution in [-0.2, 0) is 9.53 Å². The standard InChI is InChI=1S/C18H35N3O2/c1-17(7-11-21-13-15-23-16-14-21)19-18(22)8-12-20-9-5-3-2-4-6-10-20/h17H,2-16H2,1H3,(H,19,22)/t17-/m0/s1. The Hall–Kier alpha value is -0.650. The summed E-state index contributed by atoms with van der Waals surface area (Å²) in [7, 11) is 0. The number of hydrogen-bond donors (Lipinski definition) is 1. The zero-order chi connectivity index (χ0) is 16.3. The summed E-state index contributed by atoms with van der Waals surface area (Å²) < 4.78 is 5.36. The Kier molecular flexibility index (Phi) is 8.94. The lowest BCUT2D eigenvalue weighted by Crippen LogP contribution is -2.41. The summed E-state index contributed by atoms with van der Waals surface area (Å²) in [5.74, 6) is 0.210.